The first-order valence-corrected chi connectivity index (χ1v) is 5.64. The molecule has 0 aliphatic heterocycles. The van der Waals surface area contributed by atoms with Crippen molar-refractivity contribution in [3.05, 3.63) is 52.0 Å². The first kappa shape index (κ1) is 10.7. The second kappa shape index (κ2) is 4.81. The third-order valence-corrected chi connectivity index (χ3v) is 3.14. The second-order valence-electron chi connectivity index (χ2n) is 3.29. The van der Waals surface area contributed by atoms with E-state index in [0.29, 0.717) is 4.88 Å². The van der Waals surface area contributed by atoms with Gasteiger partial charge in [0, 0.05) is 12.6 Å². The van der Waals surface area contributed by atoms with Crippen LogP contribution in [0.25, 0.3) is 0 Å². The van der Waals surface area contributed by atoms with Gasteiger partial charge in [-0.05, 0) is 5.56 Å². The zero-order valence-electron chi connectivity index (χ0n) is 8.51. The summed E-state index contributed by atoms with van der Waals surface area (Å²) in [5, 5.41) is 7.78. The molecule has 0 radical (unpaired) electrons. The van der Waals surface area contributed by atoms with Crippen LogP contribution < -0.4 is 0 Å². The Bertz CT molecular complexity index is 505. The van der Waals surface area contributed by atoms with Crippen molar-refractivity contribution in [2.75, 3.05) is 0 Å². The third kappa shape index (κ3) is 2.41. The number of rotatable bonds is 4. The monoisotopic (exact) mass is 230 g/mol. The smallest absolute Gasteiger partial charge is 0.214 e. The van der Waals surface area contributed by atoms with E-state index in [1.165, 1.54) is 23.1 Å². The van der Waals surface area contributed by atoms with E-state index < -0.39 is 0 Å². The Kier molecular flexibility index (Phi) is 3.22. The lowest BCUT2D eigenvalue weighted by Crippen LogP contribution is -1.94. The number of thiazole rings is 1. The fourth-order valence-corrected chi connectivity index (χ4v) is 2.21. The number of hydrogen-bond acceptors (Lipinski definition) is 4. The average Bonchev–Trinajstić information content (AvgIpc) is 2.78. The molecule has 4 heteroatoms. The summed E-state index contributed by atoms with van der Waals surface area (Å²) in [5.41, 5.74) is 1.17. The van der Waals surface area contributed by atoms with Crippen molar-refractivity contribution in [1.29, 1.82) is 5.41 Å². The van der Waals surface area contributed by atoms with Gasteiger partial charge in [0.05, 0.1) is 16.1 Å². The van der Waals surface area contributed by atoms with Crippen LogP contribution in [0.5, 0.6) is 0 Å². The van der Waals surface area contributed by atoms with Crippen LogP contribution in [0.2, 0.25) is 0 Å². The number of nitrogens with one attached hydrogen (secondary N) is 1. The van der Waals surface area contributed by atoms with Crippen molar-refractivity contribution in [1.82, 2.24) is 4.98 Å². The number of ketones is 1. The van der Waals surface area contributed by atoms with E-state index >= 15 is 0 Å². The topological polar surface area (TPSA) is 53.8 Å². The molecule has 1 heterocycles. The molecular formula is C12H10N2OS. The Morgan fingerprint density at radius 1 is 1.38 bits per heavy atom. The SMILES string of the molecule is N=CC(=O)c1cnc(Cc2ccccc2)s1. The summed E-state index contributed by atoms with van der Waals surface area (Å²) in [4.78, 5) is 15.9. The molecular weight excluding hydrogens is 220 g/mol. The van der Waals surface area contributed by atoms with Gasteiger partial charge in [-0.15, -0.1) is 11.3 Å². The lowest BCUT2D eigenvalue weighted by atomic mass is 10.2. The highest BCUT2D eigenvalue weighted by Crippen LogP contribution is 2.16. The molecule has 1 aromatic heterocycles. The highest BCUT2D eigenvalue weighted by molar-refractivity contribution is 7.14. The Morgan fingerprint density at radius 2 is 2.12 bits per heavy atom. The molecule has 2 rings (SSSR count). The van der Waals surface area contributed by atoms with Crippen molar-refractivity contribution in [3.63, 3.8) is 0 Å². The van der Waals surface area contributed by atoms with Gasteiger partial charge < -0.3 is 5.41 Å². The van der Waals surface area contributed by atoms with Crippen molar-refractivity contribution < 1.29 is 4.79 Å². The molecule has 80 valence electrons. The van der Waals surface area contributed by atoms with E-state index in [9.17, 15) is 4.79 Å². The van der Waals surface area contributed by atoms with Gasteiger partial charge in [0.2, 0.25) is 5.78 Å². The maximum Gasteiger partial charge on any atom is 0.214 e. The quantitative estimate of drug-likeness (QED) is 0.648. The minimum Gasteiger partial charge on any atom is -0.305 e. The maximum absolute atomic E-state index is 11.2. The number of benzene rings is 1. The van der Waals surface area contributed by atoms with Crippen molar-refractivity contribution in [2.45, 2.75) is 6.42 Å². The van der Waals surface area contributed by atoms with Gasteiger partial charge in [-0.2, -0.15) is 0 Å². The number of carbonyl (C=O) groups excluding carboxylic acids is 1. The summed E-state index contributed by atoms with van der Waals surface area (Å²) in [7, 11) is 0. The molecule has 0 aliphatic carbocycles. The van der Waals surface area contributed by atoms with Gasteiger partial charge in [0.1, 0.15) is 0 Å². The maximum atomic E-state index is 11.2. The van der Waals surface area contributed by atoms with Crippen LogP contribution in [-0.4, -0.2) is 17.0 Å². The molecule has 0 saturated heterocycles. The van der Waals surface area contributed by atoms with Crippen LogP contribution in [0.15, 0.2) is 36.5 Å². The Labute approximate surface area is 97.3 Å². The fraction of sp³-hybridized carbons (Fsp3) is 0.0833. The molecule has 0 fully saturated rings. The van der Waals surface area contributed by atoms with E-state index in [1.807, 2.05) is 30.3 Å². The third-order valence-electron chi connectivity index (χ3n) is 2.13. The van der Waals surface area contributed by atoms with E-state index in [2.05, 4.69) is 4.98 Å². The summed E-state index contributed by atoms with van der Waals surface area (Å²) in [6, 6.07) is 9.98. The zero-order valence-corrected chi connectivity index (χ0v) is 9.33. The standard InChI is InChI=1S/C12H10N2OS/c13-7-10(15)11-8-14-12(16-11)6-9-4-2-1-3-5-9/h1-5,7-8,13H,6H2. The summed E-state index contributed by atoms with van der Waals surface area (Å²) in [6.07, 6.45) is 3.09. The molecule has 0 amide bonds. The number of hydrogen-bond donors (Lipinski definition) is 1. The normalized spacial score (nSPS) is 10.0. The van der Waals surface area contributed by atoms with Gasteiger partial charge in [0.15, 0.2) is 0 Å². The molecule has 1 N–H and O–H groups in total. The van der Waals surface area contributed by atoms with Gasteiger partial charge >= 0.3 is 0 Å². The Hall–Kier alpha value is -1.81. The largest absolute Gasteiger partial charge is 0.305 e. The summed E-state index contributed by atoms with van der Waals surface area (Å²) >= 11 is 1.35. The van der Waals surface area contributed by atoms with E-state index in [0.717, 1.165) is 17.6 Å². The molecule has 1 aromatic carbocycles. The molecule has 3 nitrogen and oxygen atoms in total. The van der Waals surface area contributed by atoms with Gasteiger partial charge in [-0.25, -0.2) is 4.98 Å². The molecule has 0 atom stereocenters. The van der Waals surface area contributed by atoms with Crippen LogP contribution >= 0.6 is 11.3 Å². The van der Waals surface area contributed by atoms with Gasteiger partial charge in [-0.3, -0.25) is 4.79 Å². The number of aromatic nitrogens is 1. The number of carbonyl (C=O) groups is 1. The van der Waals surface area contributed by atoms with Crippen LogP contribution in [-0.2, 0) is 6.42 Å². The summed E-state index contributed by atoms with van der Waals surface area (Å²) in [6.45, 7) is 0. The van der Waals surface area contributed by atoms with Gasteiger partial charge in [-0.1, -0.05) is 30.3 Å². The summed E-state index contributed by atoms with van der Waals surface area (Å²) in [5.74, 6) is -0.281. The minimum atomic E-state index is -0.281. The average molecular weight is 230 g/mol. The summed E-state index contributed by atoms with van der Waals surface area (Å²) < 4.78 is 0. The highest BCUT2D eigenvalue weighted by Gasteiger charge is 2.08. The predicted octanol–water partition coefficient (Wildman–Crippen LogP) is 2.57. The van der Waals surface area contributed by atoms with Crippen molar-refractivity contribution in [3.8, 4) is 0 Å². The zero-order chi connectivity index (χ0) is 11.4. The minimum absolute atomic E-state index is 0.281. The first-order chi connectivity index (χ1) is 7.79. The Balaban J connectivity index is 2.14. The van der Waals surface area contributed by atoms with Crippen LogP contribution in [0, 0.1) is 5.41 Å². The lowest BCUT2D eigenvalue weighted by Gasteiger charge is -1.95. The number of nitrogens with zero attached hydrogens (tertiary/aromatic N) is 1. The molecule has 0 spiro atoms. The molecule has 16 heavy (non-hydrogen) atoms. The fourth-order valence-electron chi connectivity index (χ4n) is 1.35. The highest BCUT2D eigenvalue weighted by atomic mass is 32.1. The van der Waals surface area contributed by atoms with Crippen LogP contribution in [0.1, 0.15) is 20.2 Å². The molecule has 0 unspecified atom stereocenters. The second-order valence-corrected chi connectivity index (χ2v) is 4.40. The molecule has 0 bridgehead atoms. The lowest BCUT2D eigenvalue weighted by molar-refractivity contribution is 0.107. The molecule has 2 aromatic rings. The van der Waals surface area contributed by atoms with Crippen molar-refractivity contribution >= 4 is 23.3 Å². The van der Waals surface area contributed by atoms with Gasteiger partial charge in [0.25, 0.3) is 0 Å². The van der Waals surface area contributed by atoms with E-state index in [4.69, 9.17) is 5.41 Å². The van der Waals surface area contributed by atoms with Crippen LogP contribution in [0.3, 0.4) is 0 Å². The first-order valence-electron chi connectivity index (χ1n) is 4.83. The van der Waals surface area contributed by atoms with Crippen molar-refractivity contribution in [2.24, 2.45) is 0 Å². The molecule has 0 saturated carbocycles. The van der Waals surface area contributed by atoms with E-state index in [-0.39, 0.29) is 5.78 Å². The van der Waals surface area contributed by atoms with Crippen LogP contribution in [0.4, 0.5) is 0 Å². The van der Waals surface area contributed by atoms with E-state index in [1.54, 1.807) is 0 Å². The molecule has 0 aliphatic rings. The number of Topliss-reactive ketones (excluding diaryl/α,β-unsaturated/α-hetero) is 1. The predicted molar refractivity (Wildman–Crippen MR) is 64.5 cm³/mol. The Morgan fingerprint density at radius 3 is 2.81 bits per heavy atom.